The summed E-state index contributed by atoms with van der Waals surface area (Å²) in [7, 11) is 0. The quantitative estimate of drug-likeness (QED) is 0.661. The number of aromatic amines is 1. The average Bonchev–Trinajstić information content (AvgIpc) is 2.90. The van der Waals surface area contributed by atoms with Gasteiger partial charge in [0.05, 0.1) is 6.04 Å². The Bertz CT molecular complexity index is 694. The predicted octanol–water partition coefficient (Wildman–Crippen LogP) is 4.27. The van der Waals surface area contributed by atoms with Crippen molar-refractivity contribution in [3.8, 4) is 0 Å². The Morgan fingerprint density at radius 1 is 0.947 bits per heavy atom. The highest BCUT2D eigenvalue weighted by Crippen LogP contribution is 2.33. The van der Waals surface area contributed by atoms with Crippen LogP contribution in [0.5, 0.6) is 0 Å². The molecule has 2 N–H and O–H groups in total. The number of benzene rings is 2. The molecule has 0 aliphatic carbocycles. The molecule has 1 atom stereocenters. The fourth-order valence-electron chi connectivity index (χ4n) is 2.96. The Morgan fingerprint density at radius 3 is 2.74 bits per heavy atom. The van der Waals surface area contributed by atoms with Crippen LogP contribution in [0.1, 0.15) is 23.7 Å². The van der Waals surface area contributed by atoms with Crippen LogP contribution in [-0.4, -0.2) is 4.98 Å². The monoisotopic (exact) mass is 248 g/mol. The summed E-state index contributed by atoms with van der Waals surface area (Å²) >= 11 is 0. The van der Waals surface area contributed by atoms with E-state index in [1.54, 1.807) is 0 Å². The van der Waals surface area contributed by atoms with Crippen LogP contribution < -0.4 is 5.32 Å². The lowest BCUT2D eigenvalue weighted by molar-refractivity contribution is 0.655. The highest BCUT2D eigenvalue weighted by atomic mass is 15.0. The number of nitrogens with one attached hydrogen (secondary N) is 2. The van der Waals surface area contributed by atoms with Crippen molar-refractivity contribution < 1.29 is 0 Å². The van der Waals surface area contributed by atoms with Crippen molar-refractivity contribution in [1.29, 1.82) is 0 Å². The summed E-state index contributed by atoms with van der Waals surface area (Å²) in [5, 5.41) is 4.93. The first-order chi connectivity index (χ1) is 9.40. The smallest absolute Gasteiger partial charge is 0.0666 e. The first-order valence-electron chi connectivity index (χ1n) is 6.82. The molecule has 19 heavy (non-hydrogen) atoms. The van der Waals surface area contributed by atoms with Crippen molar-refractivity contribution in [2.75, 3.05) is 5.32 Å². The number of hydrogen-bond acceptors (Lipinski definition) is 1. The first-order valence-corrected chi connectivity index (χ1v) is 6.82. The second-order valence-corrected chi connectivity index (χ2v) is 5.20. The Labute approximate surface area is 112 Å². The molecule has 1 aliphatic rings. The molecule has 0 saturated carbocycles. The van der Waals surface area contributed by atoms with Gasteiger partial charge in [-0.2, -0.15) is 0 Å². The minimum Gasteiger partial charge on any atom is -0.377 e. The molecule has 94 valence electrons. The molecule has 0 amide bonds. The molecule has 4 rings (SSSR count). The fraction of sp³-hybridized carbons (Fsp3) is 0.176. The Kier molecular flexibility index (Phi) is 2.34. The van der Waals surface area contributed by atoms with Crippen LogP contribution in [0, 0.1) is 0 Å². The van der Waals surface area contributed by atoms with E-state index in [2.05, 4.69) is 64.9 Å². The fourth-order valence-corrected chi connectivity index (χ4v) is 2.96. The molecule has 2 nitrogen and oxygen atoms in total. The van der Waals surface area contributed by atoms with Crippen LogP contribution in [0.3, 0.4) is 0 Å². The maximum Gasteiger partial charge on any atom is 0.0666 e. The molecule has 0 saturated heterocycles. The van der Waals surface area contributed by atoms with Crippen molar-refractivity contribution in [3.05, 3.63) is 65.9 Å². The maximum absolute atomic E-state index is 3.64. The molecule has 0 fully saturated rings. The van der Waals surface area contributed by atoms with Crippen molar-refractivity contribution in [3.63, 3.8) is 0 Å². The van der Waals surface area contributed by atoms with Gasteiger partial charge in [0.1, 0.15) is 0 Å². The normalized spacial score (nSPS) is 18.0. The summed E-state index contributed by atoms with van der Waals surface area (Å²) in [5.41, 5.74) is 5.21. The molecule has 2 aromatic carbocycles. The van der Waals surface area contributed by atoms with Gasteiger partial charge in [-0.05, 0) is 42.0 Å². The molecular formula is C17H16N2. The third-order valence-corrected chi connectivity index (χ3v) is 3.98. The van der Waals surface area contributed by atoms with Crippen LogP contribution in [0.25, 0.3) is 10.9 Å². The molecular weight excluding hydrogens is 232 g/mol. The van der Waals surface area contributed by atoms with E-state index < -0.39 is 0 Å². The number of H-pyrrole nitrogens is 1. The number of para-hydroxylation sites is 2. The van der Waals surface area contributed by atoms with Gasteiger partial charge in [0, 0.05) is 16.9 Å². The zero-order chi connectivity index (χ0) is 12.7. The SMILES string of the molecule is c1ccc2c(c1)CCC(c1cc3ccccc3[nH]1)N2. The highest BCUT2D eigenvalue weighted by molar-refractivity contribution is 5.80. The third kappa shape index (κ3) is 1.80. The van der Waals surface area contributed by atoms with Crippen LogP contribution in [0.15, 0.2) is 54.6 Å². The summed E-state index contributed by atoms with van der Waals surface area (Å²) in [6.45, 7) is 0. The van der Waals surface area contributed by atoms with E-state index in [-0.39, 0.29) is 0 Å². The second-order valence-electron chi connectivity index (χ2n) is 5.20. The molecule has 1 unspecified atom stereocenters. The number of hydrogen-bond donors (Lipinski definition) is 2. The van der Waals surface area contributed by atoms with E-state index in [4.69, 9.17) is 0 Å². The van der Waals surface area contributed by atoms with Crippen LogP contribution in [0.2, 0.25) is 0 Å². The Balaban J connectivity index is 1.70. The van der Waals surface area contributed by atoms with Gasteiger partial charge >= 0.3 is 0 Å². The van der Waals surface area contributed by atoms with Gasteiger partial charge in [0.2, 0.25) is 0 Å². The number of aromatic nitrogens is 1. The maximum atomic E-state index is 3.64. The molecule has 3 aromatic rings. The van der Waals surface area contributed by atoms with Gasteiger partial charge in [0.25, 0.3) is 0 Å². The van der Waals surface area contributed by atoms with Gasteiger partial charge in [-0.1, -0.05) is 36.4 Å². The number of aryl methyl sites for hydroxylation is 1. The van der Waals surface area contributed by atoms with Crippen molar-refractivity contribution in [2.45, 2.75) is 18.9 Å². The van der Waals surface area contributed by atoms with Gasteiger partial charge in [-0.3, -0.25) is 0 Å². The van der Waals surface area contributed by atoms with E-state index in [0.717, 1.165) is 12.8 Å². The lowest BCUT2D eigenvalue weighted by Gasteiger charge is -2.26. The first kappa shape index (κ1) is 10.7. The van der Waals surface area contributed by atoms with Gasteiger partial charge in [-0.15, -0.1) is 0 Å². The largest absolute Gasteiger partial charge is 0.377 e. The molecule has 0 spiro atoms. The molecule has 2 heterocycles. The van der Waals surface area contributed by atoms with Gasteiger partial charge in [-0.25, -0.2) is 0 Å². The van der Waals surface area contributed by atoms with E-state index in [1.807, 2.05) is 0 Å². The predicted molar refractivity (Wildman–Crippen MR) is 79.4 cm³/mol. The standard InChI is InChI=1S/C17H16N2/c1-3-7-14-12(5-1)9-10-16(18-14)17-11-13-6-2-4-8-15(13)19-17/h1-8,11,16,18-19H,9-10H2. The van der Waals surface area contributed by atoms with Crippen molar-refractivity contribution >= 4 is 16.6 Å². The lowest BCUT2D eigenvalue weighted by Crippen LogP contribution is -2.18. The highest BCUT2D eigenvalue weighted by Gasteiger charge is 2.19. The van der Waals surface area contributed by atoms with Gasteiger partial charge < -0.3 is 10.3 Å². The molecule has 1 aliphatic heterocycles. The summed E-state index contributed by atoms with van der Waals surface area (Å²) in [6.07, 6.45) is 2.28. The van der Waals surface area contributed by atoms with Crippen LogP contribution in [-0.2, 0) is 6.42 Å². The van der Waals surface area contributed by atoms with E-state index in [9.17, 15) is 0 Å². The number of anilines is 1. The van der Waals surface area contributed by atoms with E-state index in [0.29, 0.717) is 6.04 Å². The topological polar surface area (TPSA) is 27.8 Å². The van der Waals surface area contributed by atoms with Crippen LogP contribution >= 0.6 is 0 Å². The van der Waals surface area contributed by atoms with E-state index >= 15 is 0 Å². The summed E-state index contributed by atoms with van der Waals surface area (Å²) in [6, 6.07) is 19.7. The minimum absolute atomic E-state index is 0.391. The summed E-state index contributed by atoms with van der Waals surface area (Å²) < 4.78 is 0. The molecule has 0 bridgehead atoms. The molecule has 1 aromatic heterocycles. The number of fused-ring (bicyclic) bond motifs is 2. The zero-order valence-electron chi connectivity index (χ0n) is 10.7. The van der Waals surface area contributed by atoms with E-state index in [1.165, 1.54) is 27.8 Å². The summed E-state index contributed by atoms with van der Waals surface area (Å²) in [4.78, 5) is 3.53. The average molecular weight is 248 g/mol. The molecule has 0 radical (unpaired) electrons. The van der Waals surface area contributed by atoms with Gasteiger partial charge in [0.15, 0.2) is 0 Å². The Morgan fingerprint density at radius 2 is 1.79 bits per heavy atom. The summed E-state index contributed by atoms with van der Waals surface area (Å²) in [5.74, 6) is 0. The lowest BCUT2D eigenvalue weighted by atomic mass is 9.96. The van der Waals surface area contributed by atoms with Crippen molar-refractivity contribution in [2.24, 2.45) is 0 Å². The zero-order valence-corrected chi connectivity index (χ0v) is 10.7. The molecule has 2 heteroatoms. The third-order valence-electron chi connectivity index (χ3n) is 3.98. The Hall–Kier alpha value is -2.22. The second kappa shape index (κ2) is 4.16. The van der Waals surface area contributed by atoms with Crippen LogP contribution in [0.4, 0.5) is 5.69 Å². The number of rotatable bonds is 1. The minimum atomic E-state index is 0.391. The van der Waals surface area contributed by atoms with Crippen molar-refractivity contribution in [1.82, 2.24) is 4.98 Å².